The first kappa shape index (κ1) is 8.17. The van der Waals surface area contributed by atoms with Crippen molar-refractivity contribution in [3.05, 3.63) is 54.7 Å². The summed E-state index contributed by atoms with van der Waals surface area (Å²) in [5.74, 6) is 0. The van der Waals surface area contributed by atoms with Gasteiger partial charge in [0.25, 0.3) is 0 Å². The molecule has 0 saturated heterocycles. The van der Waals surface area contributed by atoms with Gasteiger partial charge < -0.3 is 0 Å². The first-order valence-electron chi connectivity index (χ1n) is 4.80. The molecule has 0 N–H and O–H groups in total. The summed E-state index contributed by atoms with van der Waals surface area (Å²) in [6.45, 7) is 0. The molecule has 0 aliphatic rings. The van der Waals surface area contributed by atoms with Crippen molar-refractivity contribution in [1.82, 2.24) is 14.8 Å². The van der Waals surface area contributed by atoms with E-state index >= 15 is 0 Å². The van der Waals surface area contributed by atoms with Crippen LogP contribution in [0.25, 0.3) is 16.8 Å². The average Bonchev–Trinajstić information content (AvgIpc) is 2.74. The van der Waals surface area contributed by atoms with Crippen molar-refractivity contribution < 1.29 is 0 Å². The van der Waals surface area contributed by atoms with Crippen LogP contribution in [0.4, 0.5) is 0 Å². The van der Waals surface area contributed by atoms with Crippen LogP contribution in [0.2, 0.25) is 0 Å². The van der Waals surface area contributed by atoms with Crippen LogP contribution in [-0.2, 0) is 0 Å². The monoisotopic (exact) mass is 195 g/mol. The molecule has 0 fully saturated rings. The van der Waals surface area contributed by atoms with E-state index in [1.807, 2.05) is 48.5 Å². The highest BCUT2D eigenvalue weighted by molar-refractivity contribution is 5.65. The van der Waals surface area contributed by atoms with Crippen LogP contribution in [0.3, 0.4) is 0 Å². The maximum absolute atomic E-state index is 4.39. The molecule has 0 radical (unpaired) electrons. The molecular weight excluding hydrogens is 186 g/mol. The lowest BCUT2D eigenvalue weighted by Crippen LogP contribution is -1.90. The van der Waals surface area contributed by atoms with Gasteiger partial charge in [0.05, 0.1) is 11.2 Å². The van der Waals surface area contributed by atoms with Crippen LogP contribution in [-0.4, -0.2) is 14.8 Å². The molecule has 0 amide bonds. The van der Waals surface area contributed by atoms with E-state index in [2.05, 4.69) is 10.2 Å². The minimum atomic E-state index is 0.953. The highest BCUT2D eigenvalue weighted by Crippen LogP contribution is 2.18. The fourth-order valence-electron chi connectivity index (χ4n) is 1.59. The quantitative estimate of drug-likeness (QED) is 0.596. The predicted octanol–water partition coefficient (Wildman–Crippen LogP) is 2.40. The molecule has 0 spiro atoms. The zero-order valence-corrected chi connectivity index (χ0v) is 8.04. The summed E-state index contributed by atoms with van der Waals surface area (Å²) in [4.78, 5) is 0. The second-order valence-corrected chi connectivity index (χ2v) is 3.33. The number of nitrogens with zero attached hydrogens (tertiary/aromatic N) is 3. The summed E-state index contributed by atoms with van der Waals surface area (Å²) in [7, 11) is 0. The highest BCUT2D eigenvalue weighted by atomic mass is 15.4. The molecule has 0 aliphatic carbocycles. The predicted molar refractivity (Wildman–Crippen MR) is 58.4 cm³/mol. The van der Waals surface area contributed by atoms with Gasteiger partial charge >= 0.3 is 0 Å². The molecule has 0 aliphatic heterocycles. The molecule has 2 aromatic heterocycles. The van der Waals surface area contributed by atoms with Gasteiger partial charge in [0.1, 0.15) is 0 Å². The Bertz CT molecular complexity index is 551. The number of aromatic nitrogens is 3. The Balaban J connectivity index is 2.21. The lowest BCUT2D eigenvalue weighted by atomic mass is 10.1. The van der Waals surface area contributed by atoms with Gasteiger partial charge in [0.15, 0.2) is 0 Å². The van der Waals surface area contributed by atoms with E-state index in [0.717, 1.165) is 16.8 Å². The Labute approximate surface area is 87.0 Å². The summed E-state index contributed by atoms with van der Waals surface area (Å²) in [6.07, 6.45) is 1.73. The van der Waals surface area contributed by atoms with Crippen LogP contribution >= 0.6 is 0 Å². The Morgan fingerprint density at radius 1 is 0.933 bits per heavy atom. The molecule has 15 heavy (non-hydrogen) atoms. The normalized spacial score (nSPS) is 10.7. The second kappa shape index (κ2) is 3.20. The molecule has 0 saturated carbocycles. The largest absolute Gasteiger partial charge is 0.159 e. The zero-order valence-electron chi connectivity index (χ0n) is 8.04. The lowest BCUT2D eigenvalue weighted by Gasteiger charge is -1.92. The van der Waals surface area contributed by atoms with Crippen LogP contribution < -0.4 is 0 Å². The van der Waals surface area contributed by atoms with Gasteiger partial charge in [0, 0.05) is 11.8 Å². The third-order valence-corrected chi connectivity index (χ3v) is 2.32. The summed E-state index contributed by atoms with van der Waals surface area (Å²) in [6, 6.07) is 16.0. The van der Waals surface area contributed by atoms with Gasteiger partial charge in [-0.1, -0.05) is 30.3 Å². The van der Waals surface area contributed by atoms with E-state index in [0.29, 0.717) is 0 Å². The number of fused-ring (bicyclic) bond motifs is 1. The second-order valence-electron chi connectivity index (χ2n) is 3.33. The van der Waals surface area contributed by atoms with Crippen LogP contribution in [0.1, 0.15) is 0 Å². The van der Waals surface area contributed by atoms with Crippen LogP contribution in [0.15, 0.2) is 54.7 Å². The summed E-state index contributed by atoms with van der Waals surface area (Å²) < 4.78 is 1.64. The molecule has 3 rings (SSSR count). The molecule has 3 nitrogen and oxygen atoms in total. The molecule has 3 aromatic rings. The van der Waals surface area contributed by atoms with Crippen LogP contribution in [0.5, 0.6) is 0 Å². The first-order valence-corrected chi connectivity index (χ1v) is 4.80. The molecule has 72 valence electrons. The third-order valence-electron chi connectivity index (χ3n) is 2.32. The third kappa shape index (κ3) is 1.38. The summed E-state index contributed by atoms with van der Waals surface area (Å²) >= 11 is 0. The molecule has 0 unspecified atom stereocenters. The summed E-state index contributed by atoms with van der Waals surface area (Å²) in [5.41, 5.74) is 3.08. The topological polar surface area (TPSA) is 30.2 Å². The molecule has 0 atom stereocenters. The van der Waals surface area contributed by atoms with E-state index in [1.165, 1.54) is 0 Å². The van der Waals surface area contributed by atoms with Crippen molar-refractivity contribution in [2.24, 2.45) is 0 Å². The van der Waals surface area contributed by atoms with Gasteiger partial charge in [-0.25, -0.2) is 0 Å². The molecule has 3 heteroatoms. The van der Waals surface area contributed by atoms with Crippen LogP contribution in [0, 0.1) is 0 Å². The Kier molecular flexibility index (Phi) is 1.75. The SMILES string of the molecule is c1ccc(-c2cc3cccnn3n2)cc1. The van der Waals surface area contributed by atoms with Gasteiger partial charge in [-0.05, 0) is 18.2 Å². The smallest absolute Gasteiger partial charge is 0.0951 e. The van der Waals surface area contributed by atoms with E-state index < -0.39 is 0 Å². The number of hydrogen-bond donors (Lipinski definition) is 0. The van der Waals surface area contributed by atoms with E-state index in [1.54, 1.807) is 10.8 Å². The van der Waals surface area contributed by atoms with E-state index in [4.69, 9.17) is 0 Å². The molecule has 2 heterocycles. The zero-order chi connectivity index (χ0) is 10.1. The van der Waals surface area contributed by atoms with Crippen molar-refractivity contribution in [1.29, 1.82) is 0 Å². The molecule has 1 aromatic carbocycles. The lowest BCUT2D eigenvalue weighted by molar-refractivity contribution is 0.803. The van der Waals surface area contributed by atoms with E-state index in [9.17, 15) is 0 Å². The Morgan fingerprint density at radius 3 is 2.60 bits per heavy atom. The summed E-state index contributed by atoms with van der Waals surface area (Å²) in [5, 5.41) is 8.52. The standard InChI is InChI=1S/C12H9N3/c1-2-5-10(6-3-1)12-9-11-7-4-8-13-15(11)14-12/h1-9H. The fraction of sp³-hybridized carbons (Fsp3) is 0. The van der Waals surface area contributed by atoms with Gasteiger partial charge in [0.2, 0.25) is 0 Å². The highest BCUT2D eigenvalue weighted by Gasteiger charge is 2.02. The average molecular weight is 195 g/mol. The van der Waals surface area contributed by atoms with Crippen molar-refractivity contribution in [3.63, 3.8) is 0 Å². The first-order chi connectivity index (χ1) is 7.43. The van der Waals surface area contributed by atoms with Crippen molar-refractivity contribution in [2.75, 3.05) is 0 Å². The van der Waals surface area contributed by atoms with Gasteiger partial charge in [-0.15, -0.1) is 5.10 Å². The Hall–Kier alpha value is -2.16. The fourth-order valence-corrected chi connectivity index (χ4v) is 1.59. The maximum Gasteiger partial charge on any atom is 0.0951 e. The van der Waals surface area contributed by atoms with Gasteiger partial charge in [-0.3, -0.25) is 0 Å². The number of rotatable bonds is 1. The van der Waals surface area contributed by atoms with Crippen molar-refractivity contribution >= 4 is 5.52 Å². The number of benzene rings is 1. The molecular formula is C12H9N3. The number of hydrogen-bond acceptors (Lipinski definition) is 2. The van der Waals surface area contributed by atoms with Crippen molar-refractivity contribution in [2.45, 2.75) is 0 Å². The Morgan fingerprint density at radius 2 is 1.80 bits per heavy atom. The molecule has 0 bridgehead atoms. The van der Waals surface area contributed by atoms with Crippen molar-refractivity contribution in [3.8, 4) is 11.3 Å². The minimum absolute atomic E-state index is 0.953. The van der Waals surface area contributed by atoms with E-state index in [-0.39, 0.29) is 0 Å². The van der Waals surface area contributed by atoms with Gasteiger partial charge in [-0.2, -0.15) is 9.73 Å². The minimum Gasteiger partial charge on any atom is -0.159 e. The maximum atomic E-state index is 4.39.